The molecule has 0 radical (unpaired) electrons. The molecule has 104 valence electrons. The summed E-state index contributed by atoms with van der Waals surface area (Å²) in [6.07, 6.45) is 3.48. The first-order valence-corrected chi connectivity index (χ1v) is 7.18. The third kappa shape index (κ3) is 2.52. The molecule has 2 aliphatic rings. The van der Waals surface area contributed by atoms with Crippen molar-refractivity contribution in [2.45, 2.75) is 39.2 Å². The Morgan fingerprint density at radius 3 is 3.21 bits per heavy atom. The van der Waals surface area contributed by atoms with E-state index in [2.05, 4.69) is 17.1 Å². The van der Waals surface area contributed by atoms with Gasteiger partial charge in [-0.2, -0.15) is 5.10 Å². The second-order valence-corrected chi connectivity index (χ2v) is 5.48. The first-order chi connectivity index (χ1) is 9.28. The molecule has 1 N–H and O–H groups in total. The van der Waals surface area contributed by atoms with Crippen LogP contribution in [-0.4, -0.2) is 40.8 Å². The topological polar surface area (TPSA) is 58.2 Å². The number of rotatable bonds is 3. The Labute approximate surface area is 113 Å². The van der Waals surface area contributed by atoms with Gasteiger partial charge in [-0.3, -0.25) is 9.89 Å². The third-order valence-electron chi connectivity index (χ3n) is 4.19. The number of aromatic nitrogens is 2. The Morgan fingerprint density at radius 2 is 2.47 bits per heavy atom. The van der Waals surface area contributed by atoms with Gasteiger partial charge in [0.15, 0.2) is 0 Å². The van der Waals surface area contributed by atoms with Crippen LogP contribution >= 0.6 is 0 Å². The van der Waals surface area contributed by atoms with Gasteiger partial charge in [-0.1, -0.05) is 6.92 Å². The average Bonchev–Trinajstić information content (AvgIpc) is 3.06. The highest BCUT2D eigenvalue weighted by atomic mass is 16.5. The molecule has 3 heterocycles. The maximum absolute atomic E-state index is 12.3. The number of ether oxygens (including phenoxy) is 1. The van der Waals surface area contributed by atoms with Crippen molar-refractivity contribution in [3.8, 4) is 0 Å². The van der Waals surface area contributed by atoms with Crippen molar-refractivity contribution < 1.29 is 9.53 Å². The Hall–Kier alpha value is -1.36. The molecule has 0 unspecified atom stereocenters. The molecule has 0 aromatic carbocycles. The number of nitrogens with zero attached hydrogens (tertiary/aromatic N) is 2. The minimum absolute atomic E-state index is 0.268. The van der Waals surface area contributed by atoms with E-state index in [1.54, 1.807) is 0 Å². The van der Waals surface area contributed by atoms with Gasteiger partial charge in [0.25, 0.3) is 0 Å². The van der Waals surface area contributed by atoms with Crippen LogP contribution < -0.4 is 0 Å². The van der Waals surface area contributed by atoms with Crippen LogP contribution in [0.2, 0.25) is 0 Å². The lowest BCUT2D eigenvalue weighted by Gasteiger charge is -2.28. The quantitative estimate of drug-likeness (QED) is 0.894. The van der Waals surface area contributed by atoms with Crippen molar-refractivity contribution in [1.29, 1.82) is 0 Å². The zero-order valence-corrected chi connectivity index (χ0v) is 11.4. The molecule has 19 heavy (non-hydrogen) atoms. The van der Waals surface area contributed by atoms with Crippen LogP contribution in [-0.2, 0) is 28.9 Å². The number of carbonyl (C=O) groups excluding carboxylic acids is 1. The zero-order chi connectivity index (χ0) is 13.2. The van der Waals surface area contributed by atoms with E-state index in [4.69, 9.17) is 4.74 Å². The summed E-state index contributed by atoms with van der Waals surface area (Å²) in [6, 6.07) is 0. The Balaban J connectivity index is 1.65. The first-order valence-electron chi connectivity index (χ1n) is 7.18. The molecule has 5 nitrogen and oxygen atoms in total. The van der Waals surface area contributed by atoms with Gasteiger partial charge in [-0.15, -0.1) is 0 Å². The molecule has 2 aliphatic heterocycles. The molecule has 5 heteroatoms. The molecule has 1 aromatic heterocycles. The summed E-state index contributed by atoms with van der Waals surface area (Å²) in [5, 5.41) is 7.43. The van der Waals surface area contributed by atoms with Crippen molar-refractivity contribution >= 4 is 5.91 Å². The van der Waals surface area contributed by atoms with E-state index < -0.39 is 0 Å². The number of H-pyrrole nitrogens is 1. The van der Waals surface area contributed by atoms with E-state index >= 15 is 0 Å². The number of amides is 1. The second kappa shape index (κ2) is 5.33. The maximum atomic E-state index is 12.3. The summed E-state index contributed by atoms with van der Waals surface area (Å²) in [7, 11) is 0. The summed E-state index contributed by atoms with van der Waals surface area (Å²) in [5.41, 5.74) is 3.56. The molecule has 0 spiro atoms. The van der Waals surface area contributed by atoms with Gasteiger partial charge in [0.2, 0.25) is 5.91 Å². The van der Waals surface area contributed by atoms with E-state index in [1.165, 1.54) is 11.3 Å². The monoisotopic (exact) mass is 263 g/mol. The number of fused-ring (bicyclic) bond motifs is 1. The highest BCUT2D eigenvalue weighted by molar-refractivity contribution is 5.76. The fourth-order valence-corrected chi connectivity index (χ4v) is 2.98. The van der Waals surface area contributed by atoms with E-state index in [9.17, 15) is 4.79 Å². The molecule has 0 aliphatic carbocycles. The highest BCUT2D eigenvalue weighted by Crippen LogP contribution is 2.23. The van der Waals surface area contributed by atoms with Gasteiger partial charge >= 0.3 is 0 Å². The fourth-order valence-electron chi connectivity index (χ4n) is 2.98. The van der Waals surface area contributed by atoms with Gasteiger partial charge in [0, 0.05) is 50.4 Å². The van der Waals surface area contributed by atoms with Gasteiger partial charge in [0.05, 0.1) is 5.69 Å². The molecule has 1 aromatic rings. The van der Waals surface area contributed by atoms with Crippen molar-refractivity contribution in [2.24, 2.45) is 5.92 Å². The lowest BCUT2D eigenvalue weighted by atomic mass is 10.0. The van der Waals surface area contributed by atoms with Crippen LogP contribution in [0.5, 0.6) is 0 Å². The summed E-state index contributed by atoms with van der Waals surface area (Å²) in [4.78, 5) is 14.3. The third-order valence-corrected chi connectivity index (χ3v) is 4.19. The predicted molar refractivity (Wildman–Crippen MR) is 70.6 cm³/mol. The lowest BCUT2D eigenvalue weighted by Crippen LogP contribution is -2.37. The minimum atomic E-state index is 0.268. The Bertz CT molecular complexity index is 450. The number of nitrogens with one attached hydrogen (secondary N) is 1. The minimum Gasteiger partial charge on any atom is -0.381 e. The maximum Gasteiger partial charge on any atom is 0.223 e. The zero-order valence-electron chi connectivity index (χ0n) is 11.4. The molecule has 3 rings (SSSR count). The Kier molecular flexibility index (Phi) is 3.55. The van der Waals surface area contributed by atoms with Crippen LogP contribution in [0.4, 0.5) is 0 Å². The molecule has 0 saturated carbocycles. The van der Waals surface area contributed by atoms with Crippen LogP contribution in [0.15, 0.2) is 0 Å². The molecule has 0 bridgehead atoms. The van der Waals surface area contributed by atoms with Crippen molar-refractivity contribution in [1.82, 2.24) is 15.1 Å². The average molecular weight is 263 g/mol. The normalized spacial score (nSPS) is 22.6. The molecule has 1 fully saturated rings. The number of hydrogen-bond acceptors (Lipinski definition) is 3. The van der Waals surface area contributed by atoms with Gasteiger partial charge in [0.1, 0.15) is 0 Å². The van der Waals surface area contributed by atoms with Crippen LogP contribution in [0.1, 0.15) is 36.7 Å². The summed E-state index contributed by atoms with van der Waals surface area (Å²) in [5.74, 6) is 0.688. The van der Waals surface area contributed by atoms with Crippen LogP contribution in [0.25, 0.3) is 0 Å². The van der Waals surface area contributed by atoms with E-state index in [1.807, 2.05) is 4.90 Å². The van der Waals surface area contributed by atoms with Gasteiger partial charge < -0.3 is 9.64 Å². The predicted octanol–water partition coefficient (Wildman–Crippen LogP) is 1.28. The van der Waals surface area contributed by atoms with Crippen molar-refractivity contribution in [2.75, 3.05) is 19.8 Å². The fraction of sp³-hybridized carbons (Fsp3) is 0.714. The molecular formula is C14H21N3O2. The Morgan fingerprint density at radius 1 is 1.58 bits per heavy atom. The van der Waals surface area contributed by atoms with Crippen LogP contribution in [0.3, 0.4) is 0 Å². The van der Waals surface area contributed by atoms with E-state index in [0.29, 0.717) is 12.3 Å². The summed E-state index contributed by atoms with van der Waals surface area (Å²) in [6.45, 7) is 5.19. The molecule has 1 amide bonds. The van der Waals surface area contributed by atoms with E-state index in [-0.39, 0.29) is 5.91 Å². The first kappa shape index (κ1) is 12.7. The largest absolute Gasteiger partial charge is 0.381 e. The number of aryl methyl sites for hydroxylation is 1. The second-order valence-electron chi connectivity index (χ2n) is 5.48. The lowest BCUT2D eigenvalue weighted by molar-refractivity contribution is -0.133. The summed E-state index contributed by atoms with van der Waals surface area (Å²) < 4.78 is 5.34. The SMILES string of the molecule is CCc1n[nH]c2c1CN(C(=O)C[C@@H]1CCOC1)CC2. The smallest absolute Gasteiger partial charge is 0.223 e. The number of carbonyl (C=O) groups is 1. The van der Waals surface area contributed by atoms with Gasteiger partial charge in [-0.25, -0.2) is 0 Å². The summed E-state index contributed by atoms with van der Waals surface area (Å²) >= 11 is 0. The number of hydrogen-bond donors (Lipinski definition) is 1. The van der Waals surface area contributed by atoms with Crippen molar-refractivity contribution in [3.63, 3.8) is 0 Å². The highest BCUT2D eigenvalue weighted by Gasteiger charge is 2.27. The van der Waals surface area contributed by atoms with E-state index in [0.717, 1.165) is 51.3 Å². The van der Waals surface area contributed by atoms with Gasteiger partial charge in [-0.05, 0) is 18.8 Å². The van der Waals surface area contributed by atoms with Crippen LogP contribution in [0, 0.1) is 5.92 Å². The molecule has 1 atom stereocenters. The van der Waals surface area contributed by atoms with Crippen molar-refractivity contribution in [3.05, 3.63) is 17.0 Å². The number of aromatic amines is 1. The standard InChI is InChI=1S/C14H21N3O2/c1-2-12-11-8-17(5-3-13(11)16-15-12)14(18)7-10-4-6-19-9-10/h10H,2-9H2,1H3,(H,15,16)/t10-/m0/s1. The molecular weight excluding hydrogens is 242 g/mol. The molecule has 1 saturated heterocycles.